The topological polar surface area (TPSA) is 69.0 Å². The zero-order valence-electron chi connectivity index (χ0n) is 16.6. The molecule has 0 saturated carbocycles. The van der Waals surface area contributed by atoms with Crippen LogP contribution in [0.15, 0.2) is 59.8 Å². The molecule has 0 bridgehead atoms. The number of para-hydroxylation sites is 1. The average Bonchev–Trinajstić information content (AvgIpc) is 3.17. The van der Waals surface area contributed by atoms with E-state index in [0.29, 0.717) is 29.8 Å². The summed E-state index contributed by atoms with van der Waals surface area (Å²) in [4.78, 5) is 17.7. The van der Waals surface area contributed by atoms with Gasteiger partial charge in [-0.25, -0.2) is 4.68 Å². The highest BCUT2D eigenvalue weighted by atomic mass is 35.5. The van der Waals surface area contributed by atoms with Crippen molar-refractivity contribution in [2.45, 2.75) is 32.2 Å². The number of carbonyl (C=O) groups is 1. The number of allylic oxidation sites excluding steroid dienone is 2. The predicted molar refractivity (Wildman–Crippen MR) is 116 cm³/mol. The summed E-state index contributed by atoms with van der Waals surface area (Å²) in [5, 5.41) is 8.77. The molecule has 0 amide bonds. The first-order valence-electron chi connectivity index (χ1n) is 10.1. The maximum Gasteiger partial charge on any atom is 0.226 e. The van der Waals surface area contributed by atoms with E-state index in [4.69, 9.17) is 26.4 Å². The number of aromatic nitrogens is 3. The van der Waals surface area contributed by atoms with Gasteiger partial charge in [-0.05, 0) is 38.0 Å². The van der Waals surface area contributed by atoms with Gasteiger partial charge in [0, 0.05) is 33.8 Å². The van der Waals surface area contributed by atoms with Gasteiger partial charge in [-0.1, -0.05) is 41.9 Å². The second-order valence-corrected chi connectivity index (χ2v) is 7.82. The lowest BCUT2D eigenvalue weighted by Crippen LogP contribution is -2.31. The van der Waals surface area contributed by atoms with Crippen LogP contribution in [-0.2, 0) is 4.79 Å². The Morgan fingerprint density at radius 3 is 2.90 bits per heavy atom. The molecule has 2 aliphatic rings. The number of rotatable bonds is 4. The quantitative estimate of drug-likeness (QED) is 0.641. The predicted octanol–water partition coefficient (Wildman–Crippen LogP) is 5.02. The van der Waals surface area contributed by atoms with Gasteiger partial charge in [0.05, 0.1) is 6.61 Å². The summed E-state index contributed by atoms with van der Waals surface area (Å²) in [6.45, 7) is 2.49. The number of nitrogens with zero attached hydrogens (tertiary/aromatic N) is 3. The van der Waals surface area contributed by atoms with Crippen molar-refractivity contribution < 1.29 is 9.53 Å². The van der Waals surface area contributed by atoms with Gasteiger partial charge in [0.2, 0.25) is 5.95 Å². The number of carbonyl (C=O) groups excluding carboxylic acids is 1. The summed E-state index contributed by atoms with van der Waals surface area (Å²) in [6.07, 6.45) is 2.19. The minimum atomic E-state index is -0.382. The molecule has 152 valence electrons. The number of ketones is 1. The normalized spacial score (nSPS) is 17.9. The summed E-state index contributed by atoms with van der Waals surface area (Å²) in [7, 11) is 0. The van der Waals surface area contributed by atoms with Crippen LogP contribution in [-0.4, -0.2) is 27.2 Å². The van der Waals surface area contributed by atoms with E-state index in [9.17, 15) is 4.79 Å². The molecule has 0 fully saturated rings. The summed E-state index contributed by atoms with van der Waals surface area (Å²) in [5.74, 6) is 2.08. The third-order valence-electron chi connectivity index (χ3n) is 5.46. The number of hydrogen-bond acceptors (Lipinski definition) is 5. The number of nitrogens with one attached hydrogen (secondary N) is 1. The first-order chi connectivity index (χ1) is 14.7. The Balaban J connectivity index is 1.70. The molecule has 2 heterocycles. The van der Waals surface area contributed by atoms with Crippen LogP contribution in [0.3, 0.4) is 0 Å². The molecule has 7 heteroatoms. The lowest BCUT2D eigenvalue weighted by Gasteiger charge is -2.32. The lowest BCUT2D eigenvalue weighted by molar-refractivity contribution is -0.116. The van der Waals surface area contributed by atoms with Crippen molar-refractivity contribution in [2.75, 3.05) is 11.9 Å². The zero-order chi connectivity index (χ0) is 20.7. The largest absolute Gasteiger partial charge is 0.494 e. The van der Waals surface area contributed by atoms with Crippen molar-refractivity contribution in [1.82, 2.24) is 14.8 Å². The summed E-state index contributed by atoms with van der Waals surface area (Å²) >= 11 is 6.17. The molecular formula is C23H21ClN4O2. The molecule has 5 rings (SSSR count). The molecule has 1 aliphatic carbocycles. The van der Waals surface area contributed by atoms with Crippen LogP contribution in [0.4, 0.5) is 5.95 Å². The van der Waals surface area contributed by atoms with E-state index in [1.807, 2.05) is 55.5 Å². The standard InChI is InChI=1S/C23H21ClN4O2/c1-2-30-19-12-4-3-9-16(19)21-20-17(10-6-11-18(20)29)25-23-26-22(27-28(21)23)14-7-5-8-15(24)13-14/h3-5,7-9,12-13,21H,2,6,10-11H2,1H3,(H,25,26,27). The Morgan fingerprint density at radius 2 is 2.07 bits per heavy atom. The Labute approximate surface area is 179 Å². The number of halogens is 1. The van der Waals surface area contributed by atoms with Crippen molar-refractivity contribution in [3.05, 3.63) is 70.4 Å². The number of benzene rings is 2. The molecule has 0 saturated heterocycles. The smallest absolute Gasteiger partial charge is 0.226 e. The fourth-order valence-corrected chi connectivity index (χ4v) is 4.38. The fraction of sp³-hybridized carbons (Fsp3) is 0.261. The SMILES string of the molecule is CCOc1ccccc1C1C2=C(CCCC2=O)Nc2nc(-c3cccc(Cl)c3)nn21. The molecule has 0 spiro atoms. The van der Waals surface area contributed by atoms with Gasteiger partial charge in [0.15, 0.2) is 11.6 Å². The maximum absolute atomic E-state index is 13.0. The van der Waals surface area contributed by atoms with Gasteiger partial charge in [0.25, 0.3) is 0 Å². The third-order valence-corrected chi connectivity index (χ3v) is 5.70. The van der Waals surface area contributed by atoms with Crippen LogP contribution in [0, 0.1) is 0 Å². The first-order valence-corrected chi connectivity index (χ1v) is 10.5. The van der Waals surface area contributed by atoms with E-state index in [1.165, 1.54) is 0 Å². The van der Waals surface area contributed by atoms with Crippen LogP contribution < -0.4 is 10.1 Å². The molecule has 2 aromatic carbocycles. The summed E-state index contributed by atoms with van der Waals surface area (Å²) in [5.41, 5.74) is 3.42. The van der Waals surface area contributed by atoms with Crippen LogP contribution in [0.25, 0.3) is 11.4 Å². The number of ether oxygens (including phenoxy) is 1. The van der Waals surface area contributed by atoms with Crippen molar-refractivity contribution in [1.29, 1.82) is 0 Å². The minimum Gasteiger partial charge on any atom is -0.494 e. The molecule has 3 aromatic rings. The highest BCUT2D eigenvalue weighted by molar-refractivity contribution is 6.30. The number of hydrogen-bond donors (Lipinski definition) is 1. The van der Waals surface area contributed by atoms with E-state index < -0.39 is 0 Å². The molecule has 6 nitrogen and oxygen atoms in total. The summed E-state index contributed by atoms with van der Waals surface area (Å²) in [6, 6.07) is 14.9. The Hall–Kier alpha value is -3.12. The van der Waals surface area contributed by atoms with Crippen molar-refractivity contribution in [3.8, 4) is 17.1 Å². The van der Waals surface area contributed by atoms with E-state index in [-0.39, 0.29) is 11.8 Å². The van der Waals surface area contributed by atoms with Gasteiger partial charge in [-0.3, -0.25) is 4.79 Å². The van der Waals surface area contributed by atoms with Gasteiger partial charge in [-0.2, -0.15) is 4.98 Å². The summed E-state index contributed by atoms with van der Waals surface area (Å²) < 4.78 is 7.70. The van der Waals surface area contributed by atoms with Gasteiger partial charge >= 0.3 is 0 Å². The van der Waals surface area contributed by atoms with Gasteiger partial charge in [-0.15, -0.1) is 5.10 Å². The van der Waals surface area contributed by atoms with Gasteiger partial charge < -0.3 is 10.1 Å². The molecule has 1 aromatic heterocycles. The molecule has 1 unspecified atom stereocenters. The molecule has 1 aliphatic heterocycles. The molecule has 1 N–H and O–H groups in total. The van der Waals surface area contributed by atoms with E-state index in [1.54, 1.807) is 4.68 Å². The van der Waals surface area contributed by atoms with Crippen molar-refractivity contribution in [2.24, 2.45) is 0 Å². The minimum absolute atomic E-state index is 0.144. The number of anilines is 1. The molecule has 30 heavy (non-hydrogen) atoms. The molecule has 1 atom stereocenters. The number of fused-ring (bicyclic) bond motifs is 1. The monoisotopic (exact) mass is 420 g/mol. The fourth-order valence-electron chi connectivity index (χ4n) is 4.19. The highest BCUT2D eigenvalue weighted by Crippen LogP contribution is 2.43. The molecular weight excluding hydrogens is 400 g/mol. The number of Topliss-reactive ketones (excluding diaryl/α,β-unsaturated/α-hetero) is 1. The maximum atomic E-state index is 13.0. The van der Waals surface area contributed by atoms with E-state index in [2.05, 4.69) is 5.32 Å². The van der Waals surface area contributed by atoms with Crippen LogP contribution in [0.1, 0.15) is 37.8 Å². The van der Waals surface area contributed by atoms with Crippen LogP contribution in [0.2, 0.25) is 5.02 Å². The van der Waals surface area contributed by atoms with Crippen LogP contribution >= 0.6 is 11.6 Å². The first kappa shape index (κ1) is 18.9. The second kappa shape index (κ2) is 7.61. The van der Waals surface area contributed by atoms with Crippen molar-refractivity contribution in [3.63, 3.8) is 0 Å². The van der Waals surface area contributed by atoms with E-state index in [0.717, 1.165) is 41.0 Å². The third kappa shape index (κ3) is 3.17. The zero-order valence-corrected chi connectivity index (χ0v) is 17.3. The molecule has 0 radical (unpaired) electrons. The Morgan fingerprint density at radius 1 is 1.20 bits per heavy atom. The van der Waals surface area contributed by atoms with Crippen LogP contribution in [0.5, 0.6) is 5.75 Å². The van der Waals surface area contributed by atoms with E-state index >= 15 is 0 Å². The second-order valence-electron chi connectivity index (χ2n) is 7.38. The highest BCUT2D eigenvalue weighted by Gasteiger charge is 2.38. The Bertz CT molecular complexity index is 1170. The lowest BCUT2D eigenvalue weighted by atomic mass is 9.85. The average molecular weight is 421 g/mol. The van der Waals surface area contributed by atoms with Gasteiger partial charge in [0.1, 0.15) is 11.8 Å². The van der Waals surface area contributed by atoms with Crippen molar-refractivity contribution >= 4 is 23.3 Å². The Kier molecular flexibility index (Phi) is 4.79.